The van der Waals surface area contributed by atoms with Crippen LogP contribution in [0.4, 0.5) is 0 Å². The van der Waals surface area contributed by atoms with Crippen LogP contribution in [0.5, 0.6) is 17.2 Å². The Bertz CT molecular complexity index is 869. The Morgan fingerprint density at radius 3 is 2.57 bits per heavy atom. The van der Waals surface area contributed by atoms with Crippen molar-refractivity contribution in [2.24, 2.45) is 4.99 Å². The lowest BCUT2D eigenvalue weighted by Crippen LogP contribution is -2.39. The van der Waals surface area contributed by atoms with E-state index in [0.717, 1.165) is 11.1 Å². The molecule has 0 atom stereocenters. The summed E-state index contributed by atoms with van der Waals surface area (Å²) in [4.78, 5) is 25.7. The van der Waals surface area contributed by atoms with Crippen molar-refractivity contribution in [1.29, 1.82) is 0 Å². The van der Waals surface area contributed by atoms with Gasteiger partial charge in [-0.1, -0.05) is 12.1 Å². The van der Waals surface area contributed by atoms with Crippen LogP contribution in [0.15, 0.2) is 47.5 Å². The zero-order chi connectivity index (χ0) is 20.6. The molecule has 0 spiro atoms. The van der Waals surface area contributed by atoms with Gasteiger partial charge >= 0.3 is 5.97 Å². The second-order valence-corrected chi connectivity index (χ2v) is 6.73. The second-order valence-electron chi connectivity index (χ2n) is 6.73. The molecular formula is C22H25NO5. The molecule has 2 rings (SSSR count). The van der Waals surface area contributed by atoms with Crippen LogP contribution in [0.1, 0.15) is 31.9 Å². The van der Waals surface area contributed by atoms with Crippen LogP contribution >= 0.6 is 0 Å². The van der Waals surface area contributed by atoms with E-state index in [1.807, 2.05) is 37.3 Å². The van der Waals surface area contributed by atoms with Gasteiger partial charge in [0.05, 0.1) is 13.2 Å². The Morgan fingerprint density at radius 2 is 1.89 bits per heavy atom. The Kier molecular flexibility index (Phi) is 7.36. The molecule has 28 heavy (non-hydrogen) atoms. The van der Waals surface area contributed by atoms with Gasteiger partial charge in [-0.3, -0.25) is 0 Å². The van der Waals surface area contributed by atoms with Gasteiger partial charge in [-0.05, 0) is 75.6 Å². The molecule has 0 saturated heterocycles. The minimum atomic E-state index is -1.08. The standard InChI is InChI=1S/C22H25NO5/c1-5-26-21(25)22(3,4)28-20-10-9-19(13-16(20)2)27-18-8-6-7-17(14-18)11-12-23-15-24/h6-10,13-14H,5,11-12H2,1-4H3. The SMILES string of the molecule is CCOC(=O)C(C)(C)Oc1ccc(Oc2cccc(CCN=C=O)c2)cc1C. The van der Waals surface area contributed by atoms with Gasteiger partial charge in [0.15, 0.2) is 5.60 Å². The number of aryl methyl sites for hydroxylation is 1. The average molecular weight is 383 g/mol. The van der Waals surface area contributed by atoms with Gasteiger partial charge in [-0.15, -0.1) is 0 Å². The third-order valence-corrected chi connectivity index (χ3v) is 3.99. The number of ether oxygens (including phenoxy) is 3. The van der Waals surface area contributed by atoms with Crippen LogP contribution in [0.3, 0.4) is 0 Å². The van der Waals surface area contributed by atoms with Crippen LogP contribution in [0.25, 0.3) is 0 Å². The molecule has 0 radical (unpaired) electrons. The highest BCUT2D eigenvalue weighted by Crippen LogP contribution is 2.30. The van der Waals surface area contributed by atoms with Gasteiger partial charge < -0.3 is 14.2 Å². The maximum Gasteiger partial charge on any atom is 0.349 e. The molecule has 0 fully saturated rings. The lowest BCUT2D eigenvalue weighted by Gasteiger charge is -2.25. The molecule has 6 heteroatoms. The minimum absolute atomic E-state index is 0.304. The summed E-state index contributed by atoms with van der Waals surface area (Å²) in [6, 6.07) is 13.0. The van der Waals surface area contributed by atoms with Gasteiger partial charge in [-0.2, -0.15) is 0 Å². The molecule has 2 aromatic carbocycles. The van der Waals surface area contributed by atoms with E-state index < -0.39 is 11.6 Å². The van der Waals surface area contributed by atoms with Gasteiger partial charge in [0.2, 0.25) is 6.08 Å². The van der Waals surface area contributed by atoms with Crippen LogP contribution < -0.4 is 9.47 Å². The molecule has 0 aliphatic heterocycles. The highest BCUT2D eigenvalue weighted by atomic mass is 16.6. The number of hydrogen-bond acceptors (Lipinski definition) is 6. The van der Waals surface area contributed by atoms with Gasteiger partial charge in [0.25, 0.3) is 0 Å². The van der Waals surface area contributed by atoms with E-state index in [1.54, 1.807) is 32.9 Å². The molecule has 0 amide bonds. The Hall–Kier alpha value is -3.11. The Morgan fingerprint density at radius 1 is 1.14 bits per heavy atom. The van der Waals surface area contributed by atoms with Crippen LogP contribution in [0, 0.1) is 6.92 Å². The van der Waals surface area contributed by atoms with E-state index >= 15 is 0 Å². The monoisotopic (exact) mass is 383 g/mol. The van der Waals surface area contributed by atoms with Crippen molar-refractivity contribution in [3.63, 3.8) is 0 Å². The van der Waals surface area contributed by atoms with Crippen molar-refractivity contribution in [2.45, 2.75) is 39.7 Å². The summed E-state index contributed by atoms with van der Waals surface area (Å²) in [6.07, 6.45) is 2.18. The fourth-order valence-corrected chi connectivity index (χ4v) is 2.55. The van der Waals surface area contributed by atoms with Crippen LogP contribution in [-0.4, -0.2) is 30.8 Å². The zero-order valence-corrected chi connectivity index (χ0v) is 16.7. The highest BCUT2D eigenvalue weighted by molar-refractivity contribution is 5.79. The van der Waals surface area contributed by atoms with Crippen molar-refractivity contribution >= 4 is 12.0 Å². The Labute approximate surface area is 165 Å². The second kappa shape index (κ2) is 9.72. The largest absolute Gasteiger partial charge is 0.476 e. The molecule has 0 aliphatic rings. The first-order valence-electron chi connectivity index (χ1n) is 9.13. The molecular weight excluding hydrogens is 358 g/mol. The molecule has 0 aromatic heterocycles. The van der Waals surface area contributed by atoms with E-state index in [-0.39, 0.29) is 0 Å². The molecule has 6 nitrogen and oxygen atoms in total. The van der Waals surface area contributed by atoms with Gasteiger partial charge in [-0.25, -0.2) is 14.6 Å². The Balaban J connectivity index is 2.09. The molecule has 0 saturated carbocycles. The highest BCUT2D eigenvalue weighted by Gasteiger charge is 2.32. The van der Waals surface area contributed by atoms with E-state index in [0.29, 0.717) is 36.8 Å². The minimum Gasteiger partial charge on any atom is -0.476 e. The summed E-state index contributed by atoms with van der Waals surface area (Å²) in [5.41, 5.74) is 0.775. The van der Waals surface area contributed by atoms with E-state index in [1.165, 1.54) is 6.08 Å². The molecule has 2 aromatic rings. The molecule has 0 N–H and O–H groups in total. The summed E-state index contributed by atoms with van der Waals surface area (Å²) < 4.78 is 16.8. The summed E-state index contributed by atoms with van der Waals surface area (Å²) in [7, 11) is 0. The number of isocyanates is 1. The van der Waals surface area contributed by atoms with Crippen molar-refractivity contribution in [2.75, 3.05) is 13.2 Å². The third-order valence-electron chi connectivity index (χ3n) is 3.99. The van der Waals surface area contributed by atoms with E-state index in [4.69, 9.17) is 14.2 Å². The first kappa shape index (κ1) is 21.2. The fraction of sp³-hybridized carbons (Fsp3) is 0.364. The predicted octanol–water partition coefficient (Wildman–Crippen LogP) is 4.39. The topological polar surface area (TPSA) is 74.2 Å². The molecule has 0 heterocycles. The van der Waals surface area contributed by atoms with Crippen molar-refractivity contribution < 1.29 is 23.8 Å². The number of carbonyl (C=O) groups is 1. The number of hydrogen-bond donors (Lipinski definition) is 0. The lowest BCUT2D eigenvalue weighted by atomic mass is 10.1. The van der Waals surface area contributed by atoms with Crippen LogP contribution in [0.2, 0.25) is 0 Å². The van der Waals surface area contributed by atoms with Gasteiger partial charge in [0, 0.05) is 0 Å². The number of esters is 1. The smallest absolute Gasteiger partial charge is 0.349 e. The quantitative estimate of drug-likeness (QED) is 0.365. The molecule has 0 bridgehead atoms. The maximum absolute atomic E-state index is 12.0. The van der Waals surface area contributed by atoms with E-state index in [9.17, 15) is 9.59 Å². The number of nitrogens with zero attached hydrogens (tertiary/aromatic N) is 1. The summed E-state index contributed by atoms with van der Waals surface area (Å²) >= 11 is 0. The summed E-state index contributed by atoms with van der Waals surface area (Å²) in [6.45, 7) is 7.70. The maximum atomic E-state index is 12.0. The molecule has 148 valence electrons. The molecule has 0 aliphatic carbocycles. The van der Waals surface area contributed by atoms with Gasteiger partial charge in [0.1, 0.15) is 17.2 Å². The van der Waals surface area contributed by atoms with E-state index in [2.05, 4.69) is 4.99 Å². The molecule has 0 unspecified atom stereocenters. The van der Waals surface area contributed by atoms with Crippen LogP contribution in [-0.2, 0) is 20.7 Å². The first-order valence-corrected chi connectivity index (χ1v) is 9.13. The van der Waals surface area contributed by atoms with Crippen molar-refractivity contribution in [1.82, 2.24) is 0 Å². The fourth-order valence-electron chi connectivity index (χ4n) is 2.55. The predicted molar refractivity (Wildman–Crippen MR) is 106 cm³/mol. The zero-order valence-electron chi connectivity index (χ0n) is 16.7. The summed E-state index contributed by atoms with van der Waals surface area (Å²) in [5, 5.41) is 0. The van der Waals surface area contributed by atoms with Crippen molar-refractivity contribution in [3.8, 4) is 17.2 Å². The first-order chi connectivity index (χ1) is 13.4. The number of benzene rings is 2. The third kappa shape index (κ3) is 5.96. The number of carbonyl (C=O) groups excluding carboxylic acids is 2. The summed E-state index contributed by atoms with van der Waals surface area (Å²) in [5.74, 6) is 1.52. The lowest BCUT2D eigenvalue weighted by molar-refractivity contribution is -0.158. The average Bonchev–Trinajstić information content (AvgIpc) is 2.65. The number of aliphatic imine (C=N–C) groups is 1. The van der Waals surface area contributed by atoms with Crippen molar-refractivity contribution in [3.05, 3.63) is 53.6 Å². The normalized spacial score (nSPS) is 10.7. The number of rotatable bonds is 9.